The first-order valence-electron chi connectivity index (χ1n) is 9.12. The fourth-order valence-corrected chi connectivity index (χ4v) is 3.24. The largest absolute Gasteiger partial charge is 0.496 e. The average Bonchev–Trinajstić information content (AvgIpc) is 2.75. The standard InChI is InChI=1S/C22H23NO7/c1-12-15(11-20(24)23-13-6-7-16(27-3)17(8-13)28-4)22(25)30-19-10-14(26-2)9-18(29-5)21(12)19/h6-10H,11H2,1-5H3,(H,23,24). The van der Waals surface area contributed by atoms with Crippen molar-refractivity contribution in [1.82, 2.24) is 0 Å². The second-order valence-corrected chi connectivity index (χ2v) is 6.49. The molecule has 3 aromatic rings. The van der Waals surface area contributed by atoms with Crippen LogP contribution < -0.4 is 29.9 Å². The van der Waals surface area contributed by atoms with Crippen molar-refractivity contribution in [2.24, 2.45) is 0 Å². The Bertz CT molecular complexity index is 1150. The molecular formula is C22H23NO7. The van der Waals surface area contributed by atoms with Crippen LogP contribution in [0.1, 0.15) is 11.1 Å². The number of carbonyl (C=O) groups is 1. The fourth-order valence-electron chi connectivity index (χ4n) is 3.24. The lowest BCUT2D eigenvalue weighted by Gasteiger charge is -2.13. The van der Waals surface area contributed by atoms with Crippen molar-refractivity contribution < 1.29 is 28.2 Å². The lowest BCUT2D eigenvalue weighted by molar-refractivity contribution is -0.115. The minimum Gasteiger partial charge on any atom is -0.496 e. The molecule has 0 atom stereocenters. The van der Waals surface area contributed by atoms with Crippen molar-refractivity contribution >= 4 is 22.6 Å². The average molecular weight is 413 g/mol. The van der Waals surface area contributed by atoms with E-state index in [-0.39, 0.29) is 17.9 Å². The van der Waals surface area contributed by atoms with Gasteiger partial charge >= 0.3 is 5.63 Å². The highest BCUT2D eigenvalue weighted by Gasteiger charge is 2.19. The van der Waals surface area contributed by atoms with E-state index in [1.165, 1.54) is 28.4 Å². The molecule has 0 aliphatic rings. The molecule has 158 valence electrons. The lowest BCUT2D eigenvalue weighted by atomic mass is 10.0. The van der Waals surface area contributed by atoms with Crippen LogP contribution in [0.15, 0.2) is 39.5 Å². The summed E-state index contributed by atoms with van der Waals surface area (Å²) in [5.41, 5.74) is 1.13. The predicted octanol–water partition coefficient (Wildman–Crippen LogP) is 3.32. The zero-order chi connectivity index (χ0) is 21.8. The first-order chi connectivity index (χ1) is 14.4. The Labute approximate surface area is 173 Å². The monoisotopic (exact) mass is 413 g/mol. The highest BCUT2D eigenvalue weighted by molar-refractivity contribution is 5.94. The van der Waals surface area contributed by atoms with Crippen molar-refractivity contribution in [2.45, 2.75) is 13.3 Å². The van der Waals surface area contributed by atoms with E-state index in [1.807, 2.05) is 0 Å². The lowest BCUT2D eigenvalue weighted by Crippen LogP contribution is -2.20. The minimum atomic E-state index is -0.585. The van der Waals surface area contributed by atoms with Crippen LogP contribution in [0.4, 0.5) is 5.69 Å². The number of methoxy groups -OCH3 is 4. The van der Waals surface area contributed by atoms with Crippen molar-refractivity contribution in [3.8, 4) is 23.0 Å². The quantitative estimate of drug-likeness (QED) is 0.594. The third-order valence-corrected chi connectivity index (χ3v) is 4.78. The maximum absolute atomic E-state index is 12.6. The van der Waals surface area contributed by atoms with E-state index < -0.39 is 5.63 Å². The zero-order valence-corrected chi connectivity index (χ0v) is 17.5. The first kappa shape index (κ1) is 21.0. The normalized spacial score (nSPS) is 10.6. The summed E-state index contributed by atoms with van der Waals surface area (Å²) >= 11 is 0. The first-order valence-corrected chi connectivity index (χ1v) is 9.12. The van der Waals surface area contributed by atoms with Gasteiger partial charge in [-0.15, -0.1) is 0 Å². The van der Waals surface area contributed by atoms with E-state index >= 15 is 0 Å². The molecular weight excluding hydrogens is 390 g/mol. The molecule has 0 radical (unpaired) electrons. The summed E-state index contributed by atoms with van der Waals surface area (Å²) in [6.07, 6.45) is -0.159. The fraction of sp³-hybridized carbons (Fsp3) is 0.273. The van der Waals surface area contributed by atoms with Gasteiger partial charge in [0.15, 0.2) is 11.5 Å². The zero-order valence-electron chi connectivity index (χ0n) is 17.5. The summed E-state index contributed by atoms with van der Waals surface area (Å²) in [4.78, 5) is 25.2. The van der Waals surface area contributed by atoms with E-state index in [4.69, 9.17) is 23.4 Å². The number of amides is 1. The van der Waals surface area contributed by atoms with Crippen LogP contribution >= 0.6 is 0 Å². The van der Waals surface area contributed by atoms with Gasteiger partial charge in [0.1, 0.15) is 17.1 Å². The Morgan fingerprint density at radius 3 is 2.27 bits per heavy atom. The van der Waals surface area contributed by atoms with Crippen LogP contribution in [-0.4, -0.2) is 34.3 Å². The highest BCUT2D eigenvalue weighted by Crippen LogP contribution is 2.34. The van der Waals surface area contributed by atoms with E-state index in [9.17, 15) is 9.59 Å². The Morgan fingerprint density at radius 1 is 0.933 bits per heavy atom. The molecule has 0 saturated carbocycles. The van der Waals surface area contributed by atoms with Gasteiger partial charge in [-0.2, -0.15) is 0 Å². The van der Waals surface area contributed by atoms with Gasteiger partial charge in [0, 0.05) is 23.9 Å². The molecule has 0 bridgehead atoms. The minimum absolute atomic E-state index is 0.159. The number of benzene rings is 2. The molecule has 1 heterocycles. The predicted molar refractivity (Wildman–Crippen MR) is 112 cm³/mol. The van der Waals surface area contributed by atoms with Crippen molar-refractivity contribution in [3.63, 3.8) is 0 Å². The molecule has 0 fully saturated rings. The molecule has 3 rings (SSSR count). The van der Waals surface area contributed by atoms with Gasteiger partial charge < -0.3 is 28.7 Å². The van der Waals surface area contributed by atoms with E-state index in [2.05, 4.69) is 5.32 Å². The Kier molecular flexibility index (Phi) is 6.15. The van der Waals surface area contributed by atoms with Gasteiger partial charge in [-0.3, -0.25) is 4.79 Å². The Balaban J connectivity index is 1.93. The second kappa shape index (κ2) is 8.77. The summed E-state index contributed by atoms with van der Waals surface area (Å²) in [5, 5.41) is 3.38. The van der Waals surface area contributed by atoms with Crippen LogP contribution in [0, 0.1) is 6.92 Å². The van der Waals surface area contributed by atoms with Crippen molar-refractivity contribution in [1.29, 1.82) is 0 Å². The number of rotatable bonds is 7. The van der Waals surface area contributed by atoms with Crippen LogP contribution in [0.5, 0.6) is 23.0 Å². The third-order valence-electron chi connectivity index (χ3n) is 4.78. The number of aryl methyl sites for hydroxylation is 1. The van der Waals surface area contributed by atoms with E-state index in [1.54, 1.807) is 37.3 Å². The molecule has 0 unspecified atom stereocenters. The maximum Gasteiger partial charge on any atom is 0.340 e. The van der Waals surface area contributed by atoms with E-state index in [0.717, 1.165) is 0 Å². The molecule has 1 N–H and O–H groups in total. The summed E-state index contributed by atoms with van der Waals surface area (Å²) in [7, 11) is 6.07. The summed E-state index contributed by atoms with van der Waals surface area (Å²) in [5.74, 6) is 1.65. The van der Waals surface area contributed by atoms with Gasteiger partial charge in [0.25, 0.3) is 0 Å². The molecule has 0 spiro atoms. The van der Waals surface area contributed by atoms with Crippen LogP contribution in [-0.2, 0) is 11.2 Å². The molecule has 2 aromatic carbocycles. The second-order valence-electron chi connectivity index (χ2n) is 6.49. The van der Waals surface area contributed by atoms with E-state index in [0.29, 0.717) is 45.2 Å². The molecule has 8 heteroatoms. The molecule has 0 aliphatic carbocycles. The maximum atomic E-state index is 12.6. The number of hydrogen-bond acceptors (Lipinski definition) is 7. The van der Waals surface area contributed by atoms with Crippen molar-refractivity contribution in [2.75, 3.05) is 33.8 Å². The van der Waals surface area contributed by atoms with Crippen LogP contribution in [0.3, 0.4) is 0 Å². The Hall–Kier alpha value is -3.68. The van der Waals surface area contributed by atoms with Crippen LogP contribution in [0.25, 0.3) is 11.0 Å². The molecule has 8 nitrogen and oxygen atoms in total. The topological polar surface area (TPSA) is 96.2 Å². The number of nitrogens with one attached hydrogen (secondary N) is 1. The van der Waals surface area contributed by atoms with Crippen molar-refractivity contribution in [3.05, 3.63) is 51.9 Å². The number of carbonyl (C=O) groups excluding carboxylic acids is 1. The Morgan fingerprint density at radius 2 is 1.63 bits per heavy atom. The molecule has 1 amide bonds. The van der Waals surface area contributed by atoms with Gasteiger partial charge in [-0.1, -0.05) is 0 Å². The molecule has 0 saturated heterocycles. The summed E-state index contributed by atoms with van der Waals surface area (Å²) in [6.45, 7) is 1.76. The molecule has 1 aromatic heterocycles. The van der Waals surface area contributed by atoms with Gasteiger partial charge in [-0.05, 0) is 24.6 Å². The van der Waals surface area contributed by atoms with Gasteiger partial charge in [0.05, 0.1) is 45.8 Å². The van der Waals surface area contributed by atoms with Gasteiger partial charge in [0.2, 0.25) is 5.91 Å². The third kappa shape index (κ3) is 4.03. The van der Waals surface area contributed by atoms with Crippen LogP contribution in [0.2, 0.25) is 0 Å². The SMILES string of the molecule is COc1cc(OC)c2c(C)c(CC(=O)Nc3ccc(OC)c(OC)c3)c(=O)oc2c1. The number of hydrogen-bond donors (Lipinski definition) is 1. The molecule has 30 heavy (non-hydrogen) atoms. The number of anilines is 1. The summed E-state index contributed by atoms with van der Waals surface area (Å²) < 4.78 is 26.5. The summed E-state index contributed by atoms with van der Waals surface area (Å²) in [6, 6.07) is 8.32. The molecule has 0 aliphatic heterocycles. The smallest absolute Gasteiger partial charge is 0.340 e. The number of fused-ring (bicyclic) bond motifs is 1. The number of ether oxygens (including phenoxy) is 4. The highest BCUT2D eigenvalue weighted by atomic mass is 16.5. The van der Waals surface area contributed by atoms with Gasteiger partial charge in [-0.25, -0.2) is 4.79 Å².